The maximum atomic E-state index is 13.5. The van der Waals surface area contributed by atoms with Crippen LogP contribution in [-0.2, 0) is 10.8 Å². The third kappa shape index (κ3) is 2.68. The van der Waals surface area contributed by atoms with Gasteiger partial charge in [-0.3, -0.25) is 0 Å². The molecule has 130 valence electrons. The second-order valence-electron chi connectivity index (χ2n) is 6.37. The second kappa shape index (κ2) is 6.53. The first-order valence-corrected chi connectivity index (χ1v) is 9.94. The molecule has 0 bridgehead atoms. The van der Waals surface area contributed by atoms with Gasteiger partial charge in [0, 0.05) is 21.2 Å². The molecule has 1 heterocycles. The van der Waals surface area contributed by atoms with Crippen LogP contribution in [0.1, 0.15) is 0 Å². The number of benzene rings is 4. The maximum absolute atomic E-state index is 13.5. The fourth-order valence-corrected chi connectivity index (χ4v) is 4.76. The molecule has 1 atom stereocenters. The Bertz CT molecular complexity index is 1270. The summed E-state index contributed by atoms with van der Waals surface area (Å²) >= 11 is 0. The minimum atomic E-state index is -1.34. The number of furan rings is 1. The summed E-state index contributed by atoms with van der Waals surface area (Å²) in [5, 5.41) is 3.04. The lowest BCUT2D eigenvalue weighted by atomic mass is 10.1. The third-order valence-electron chi connectivity index (χ3n) is 4.71. The summed E-state index contributed by atoms with van der Waals surface area (Å²) < 4.78 is 19.9. The highest BCUT2D eigenvalue weighted by Crippen LogP contribution is 2.40. The molecule has 0 aliphatic rings. The maximum Gasteiger partial charge on any atom is 0.151 e. The Labute approximate surface area is 159 Å². The van der Waals surface area contributed by atoms with Gasteiger partial charge in [-0.15, -0.1) is 0 Å². The molecule has 0 amide bonds. The van der Waals surface area contributed by atoms with Crippen LogP contribution in [0.3, 0.4) is 0 Å². The molecule has 3 heteroatoms. The van der Waals surface area contributed by atoms with E-state index in [4.69, 9.17) is 4.42 Å². The summed E-state index contributed by atoms with van der Waals surface area (Å²) in [4.78, 5) is 1.50. The SMILES string of the molecule is O=[S@](c1ccccc1)c1c(-c2ccccc2)oc2c1ccc1ccccc12. The van der Waals surface area contributed by atoms with Gasteiger partial charge in [0.1, 0.15) is 5.58 Å². The van der Waals surface area contributed by atoms with Crippen LogP contribution >= 0.6 is 0 Å². The molecule has 27 heavy (non-hydrogen) atoms. The molecule has 4 aromatic carbocycles. The normalized spacial score (nSPS) is 12.4. The topological polar surface area (TPSA) is 30.2 Å². The van der Waals surface area contributed by atoms with Crippen LogP contribution < -0.4 is 0 Å². The summed E-state index contributed by atoms with van der Waals surface area (Å²) in [5.41, 5.74) is 1.71. The Morgan fingerprint density at radius 1 is 0.630 bits per heavy atom. The van der Waals surface area contributed by atoms with Crippen LogP contribution in [0.2, 0.25) is 0 Å². The van der Waals surface area contributed by atoms with E-state index in [1.54, 1.807) is 0 Å². The molecule has 5 aromatic rings. The van der Waals surface area contributed by atoms with Crippen molar-refractivity contribution in [2.45, 2.75) is 9.79 Å². The molecule has 0 unspecified atom stereocenters. The lowest BCUT2D eigenvalue weighted by Crippen LogP contribution is -1.93. The smallest absolute Gasteiger partial charge is 0.151 e. The van der Waals surface area contributed by atoms with Crippen molar-refractivity contribution in [1.82, 2.24) is 0 Å². The molecule has 5 rings (SSSR count). The zero-order valence-corrected chi connectivity index (χ0v) is 15.3. The van der Waals surface area contributed by atoms with Crippen LogP contribution in [0, 0.1) is 0 Å². The van der Waals surface area contributed by atoms with Crippen molar-refractivity contribution in [2.75, 3.05) is 0 Å². The van der Waals surface area contributed by atoms with Gasteiger partial charge in [0.25, 0.3) is 0 Å². The zero-order chi connectivity index (χ0) is 18.2. The van der Waals surface area contributed by atoms with Crippen molar-refractivity contribution in [1.29, 1.82) is 0 Å². The fourth-order valence-electron chi connectivity index (χ4n) is 3.43. The Morgan fingerprint density at radius 3 is 2.07 bits per heavy atom. The van der Waals surface area contributed by atoms with Gasteiger partial charge in [-0.2, -0.15) is 0 Å². The van der Waals surface area contributed by atoms with Gasteiger partial charge in [0.15, 0.2) is 5.76 Å². The Balaban J connectivity index is 1.86. The molecule has 0 saturated carbocycles. The molecular weight excluding hydrogens is 352 g/mol. The van der Waals surface area contributed by atoms with E-state index >= 15 is 0 Å². The lowest BCUT2D eigenvalue weighted by molar-refractivity contribution is 0.625. The first-order valence-electron chi connectivity index (χ1n) is 8.79. The molecule has 0 fully saturated rings. The molecule has 0 saturated heterocycles. The van der Waals surface area contributed by atoms with Crippen molar-refractivity contribution in [3.63, 3.8) is 0 Å². The highest BCUT2D eigenvalue weighted by Gasteiger charge is 2.23. The summed E-state index contributed by atoms with van der Waals surface area (Å²) in [5.74, 6) is 0.670. The van der Waals surface area contributed by atoms with Crippen molar-refractivity contribution in [3.8, 4) is 11.3 Å². The number of fused-ring (bicyclic) bond motifs is 3. The van der Waals surface area contributed by atoms with Gasteiger partial charge >= 0.3 is 0 Å². The minimum Gasteiger partial charge on any atom is -0.454 e. The highest BCUT2D eigenvalue weighted by molar-refractivity contribution is 7.85. The van der Waals surface area contributed by atoms with E-state index in [1.807, 2.05) is 84.9 Å². The molecule has 0 radical (unpaired) electrons. The summed E-state index contributed by atoms with van der Waals surface area (Å²) in [6, 6.07) is 31.6. The van der Waals surface area contributed by atoms with Crippen LogP contribution in [-0.4, -0.2) is 4.21 Å². The van der Waals surface area contributed by atoms with Gasteiger partial charge in [-0.1, -0.05) is 78.9 Å². The van der Waals surface area contributed by atoms with Crippen LogP contribution in [0.15, 0.2) is 111 Å². The standard InChI is InChI=1S/C24H16O2S/c25-27(19-12-5-2-6-13-19)24-21-16-15-17-9-7-8-14-20(17)23(21)26-22(24)18-10-3-1-4-11-18/h1-16H/t27-/m1/s1. The predicted octanol–water partition coefficient (Wildman–Crippen LogP) is 6.42. The van der Waals surface area contributed by atoms with E-state index in [2.05, 4.69) is 12.1 Å². The average molecular weight is 368 g/mol. The van der Waals surface area contributed by atoms with E-state index in [9.17, 15) is 4.21 Å². The van der Waals surface area contributed by atoms with Gasteiger partial charge in [-0.05, 0) is 23.6 Å². The third-order valence-corrected chi connectivity index (χ3v) is 6.19. The van der Waals surface area contributed by atoms with Crippen molar-refractivity contribution >= 4 is 32.5 Å². The largest absolute Gasteiger partial charge is 0.454 e. The van der Waals surface area contributed by atoms with E-state index in [0.29, 0.717) is 5.76 Å². The quantitative estimate of drug-likeness (QED) is 0.368. The number of hydrogen-bond acceptors (Lipinski definition) is 2. The minimum absolute atomic E-state index is 0.670. The molecule has 0 N–H and O–H groups in total. The van der Waals surface area contributed by atoms with Crippen molar-refractivity contribution < 1.29 is 8.63 Å². The fraction of sp³-hybridized carbons (Fsp3) is 0. The van der Waals surface area contributed by atoms with E-state index in [-0.39, 0.29) is 0 Å². The monoisotopic (exact) mass is 368 g/mol. The summed E-state index contributed by atoms with van der Waals surface area (Å²) in [6.07, 6.45) is 0. The first kappa shape index (κ1) is 16.0. The molecular formula is C24H16O2S. The Kier molecular flexibility index (Phi) is 3.88. The predicted molar refractivity (Wildman–Crippen MR) is 110 cm³/mol. The van der Waals surface area contributed by atoms with Crippen LogP contribution in [0.4, 0.5) is 0 Å². The first-order chi connectivity index (χ1) is 13.3. The Morgan fingerprint density at radius 2 is 1.30 bits per heavy atom. The molecule has 0 spiro atoms. The van der Waals surface area contributed by atoms with E-state index < -0.39 is 10.8 Å². The summed E-state index contributed by atoms with van der Waals surface area (Å²) in [6.45, 7) is 0. The van der Waals surface area contributed by atoms with Crippen LogP contribution in [0.5, 0.6) is 0 Å². The van der Waals surface area contributed by atoms with Gasteiger partial charge < -0.3 is 4.42 Å². The van der Waals surface area contributed by atoms with Gasteiger partial charge in [0.05, 0.1) is 15.7 Å². The van der Waals surface area contributed by atoms with Crippen molar-refractivity contribution in [3.05, 3.63) is 97.1 Å². The van der Waals surface area contributed by atoms with E-state index in [1.165, 1.54) is 0 Å². The van der Waals surface area contributed by atoms with Crippen molar-refractivity contribution in [2.24, 2.45) is 0 Å². The average Bonchev–Trinajstić information content (AvgIpc) is 3.14. The number of hydrogen-bond donors (Lipinski definition) is 0. The zero-order valence-electron chi connectivity index (χ0n) is 14.5. The summed E-state index contributed by atoms with van der Waals surface area (Å²) in [7, 11) is -1.34. The molecule has 0 aliphatic heterocycles. The van der Waals surface area contributed by atoms with E-state index in [0.717, 1.165) is 37.1 Å². The molecule has 1 aromatic heterocycles. The van der Waals surface area contributed by atoms with Gasteiger partial charge in [0.2, 0.25) is 0 Å². The molecule has 2 nitrogen and oxygen atoms in total. The molecule has 0 aliphatic carbocycles. The van der Waals surface area contributed by atoms with Gasteiger partial charge in [-0.25, -0.2) is 4.21 Å². The lowest BCUT2D eigenvalue weighted by Gasteiger charge is -2.04. The van der Waals surface area contributed by atoms with Crippen LogP contribution in [0.25, 0.3) is 33.1 Å². The second-order valence-corrected chi connectivity index (χ2v) is 7.79. The Hall–Kier alpha value is -3.17. The highest BCUT2D eigenvalue weighted by atomic mass is 32.2. The number of rotatable bonds is 3.